The molecule has 112 valence electrons. The molecule has 2 atom stereocenters. The number of nitrogens with two attached hydrogens (primary N) is 1. The molecular weight excluding hydrogens is 304 g/mol. The number of hydrogen-bond donors (Lipinski definition) is 1. The molecule has 2 unspecified atom stereocenters. The molecule has 21 heavy (non-hydrogen) atoms. The van der Waals surface area contributed by atoms with E-state index in [1.807, 2.05) is 36.0 Å². The third-order valence-electron chi connectivity index (χ3n) is 3.85. The number of aryl methyl sites for hydroxylation is 1. The van der Waals surface area contributed by atoms with Crippen LogP contribution in [0.2, 0.25) is 5.02 Å². The topological polar surface area (TPSA) is 56.2 Å². The highest BCUT2D eigenvalue weighted by molar-refractivity contribution is 7.12. The van der Waals surface area contributed by atoms with Gasteiger partial charge in [-0.25, -0.2) is 4.68 Å². The molecule has 0 bridgehead atoms. The Labute approximate surface area is 133 Å². The summed E-state index contributed by atoms with van der Waals surface area (Å²) in [6.07, 6.45) is 4.59. The molecule has 1 fully saturated rings. The third-order valence-corrected chi connectivity index (χ3v) is 5.17. The van der Waals surface area contributed by atoms with Crippen LogP contribution in [-0.2, 0) is 7.05 Å². The van der Waals surface area contributed by atoms with Crippen molar-refractivity contribution in [2.45, 2.75) is 37.8 Å². The molecule has 1 saturated carbocycles. The first kappa shape index (κ1) is 14.8. The Morgan fingerprint density at radius 2 is 2.00 bits per heavy atom. The number of aromatic nitrogens is 2. The highest BCUT2D eigenvalue weighted by Gasteiger charge is 2.21. The molecule has 1 heterocycles. The van der Waals surface area contributed by atoms with Crippen molar-refractivity contribution >= 4 is 22.9 Å². The normalized spacial score (nSPS) is 23.5. The zero-order valence-corrected chi connectivity index (χ0v) is 13.6. The van der Waals surface area contributed by atoms with E-state index in [2.05, 4.69) is 5.10 Å². The monoisotopic (exact) mass is 322 g/mol. The first-order valence-electron chi connectivity index (χ1n) is 7.23. The first-order chi connectivity index (χ1) is 10.1. The minimum atomic E-state index is 0.180. The summed E-state index contributed by atoms with van der Waals surface area (Å²) in [6, 6.07) is 8.13. The van der Waals surface area contributed by atoms with Crippen molar-refractivity contribution in [3.63, 3.8) is 0 Å². The van der Waals surface area contributed by atoms with Crippen LogP contribution in [0.25, 0.3) is 10.6 Å². The van der Waals surface area contributed by atoms with Crippen LogP contribution in [0.3, 0.4) is 0 Å². The lowest BCUT2D eigenvalue weighted by Gasteiger charge is -2.24. The Bertz CT molecular complexity index is 674. The summed E-state index contributed by atoms with van der Waals surface area (Å²) in [5.41, 5.74) is 7.24. The minimum Gasteiger partial charge on any atom is -0.326 e. The van der Waals surface area contributed by atoms with E-state index in [1.165, 1.54) is 12.8 Å². The van der Waals surface area contributed by atoms with E-state index < -0.39 is 0 Å². The predicted molar refractivity (Wildman–Crippen MR) is 87.3 cm³/mol. The fraction of sp³-hybridized carbons (Fsp3) is 0.467. The van der Waals surface area contributed by atoms with Gasteiger partial charge < -0.3 is 5.73 Å². The summed E-state index contributed by atoms with van der Waals surface area (Å²) in [6.45, 7) is 0. The van der Waals surface area contributed by atoms with Gasteiger partial charge in [-0.05, 0) is 25.0 Å². The van der Waals surface area contributed by atoms with E-state index in [0.29, 0.717) is 0 Å². The maximum atomic E-state index is 6.18. The van der Waals surface area contributed by atoms with E-state index in [1.54, 1.807) is 11.3 Å². The summed E-state index contributed by atoms with van der Waals surface area (Å²) in [4.78, 5) is 5.76. The van der Waals surface area contributed by atoms with E-state index in [4.69, 9.17) is 22.3 Å². The summed E-state index contributed by atoms with van der Waals surface area (Å²) in [7, 11) is 1.93. The maximum absolute atomic E-state index is 6.18. The quantitative estimate of drug-likeness (QED) is 0.924. The van der Waals surface area contributed by atoms with Crippen LogP contribution in [0.1, 0.15) is 25.7 Å². The van der Waals surface area contributed by atoms with Crippen LogP contribution in [0.5, 0.6) is 0 Å². The van der Waals surface area contributed by atoms with Gasteiger partial charge in [-0.15, -0.1) is 0 Å². The Hall–Kier alpha value is -1.17. The SMILES string of the molecule is Cn1nc(-c2ccc(Cl)cc2)sc1=NC1CCCCC1N. The van der Waals surface area contributed by atoms with Crippen molar-refractivity contribution in [2.75, 3.05) is 0 Å². The van der Waals surface area contributed by atoms with Gasteiger partial charge in [0.25, 0.3) is 0 Å². The molecule has 4 nitrogen and oxygen atoms in total. The molecule has 1 aliphatic carbocycles. The van der Waals surface area contributed by atoms with Gasteiger partial charge in [0.1, 0.15) is 5.01 Å². The van der Waals surface area contributed by atoms with Crippen LogP contribution < -0.4 is 10.5 Å². The lowest BCUT2D eigenvalue weighted by Crippen LogP contribution is -2.37. The van der Waals surface area contributed by atoms with E-state index in [-0.39, 0.29) is 12.1 Å². The maximum Gasteiger partial charge on any atom is 0.203 e. The zero-order valence-electron chi connectivity index (χ0n) is 12.0. The van der Waals surface area contributed by atoms with Gasteiger partial charge in [0.05, 0.1) is 6.04 Å². The van der Waals surface area contributed by atoms with Gasteiger partial charge in [0, 0.05) is 23.7 Å². The van der Waals surface area contributed by atoms with E-state index in [9.17, 15) is 0 Å². The minimum absolute atomic E-state index is 0.180. The molecule has 0 aliphatic heterocycles. The molecule has 0 radical (unpaired) electrons. The summed E-state index contributed by atoms with van der Waals surface area (Å²) in [5, 5.41) is 6.25. The fourth-order valence-electron chi connectivity index (χ4n) is 2.61. The van der Waals surface area contributed by atoms with Crippen LogP contribution in [0.15, 0.2) is 29.3 Å². The number of nitrogens with zero attached hydrogens (tertiary/aromatic N) is 3. The summed E-state index contributed by atoms with van der Waals surface area (Å²) in [5.74, 6) is 0. The average molecular weight is 323 g/mol. The van der Waals surface area contributed by atoms with Crippen LogP contribution in [0.4, 0.5) is 0 Å². The molecule has 6 heteroatoms. The van der Waals surface area contributed by atoms with Gasteiger partial charge in [0.2, 0.25) is 4.80 Å². The van der Waals surface area contributed by atoms with Gasteiger partial charge in [-0.1, -0.05) is 47.9 Å². The van der Waals surface area contributed by atoms with Crippen molar-refractivity contribution in [3.8, 4) is 10.6 Å². The van der Waals surface area contributed by atoms with Gasteiger partial charge >= 0.3 is 0 Å². The molecular formula is C15H19ClN4S. The molecule has 1 aromatic carbocycles. The Kier molecular flexibility index (Phi) is 4.42. The molecule has 0 amide bonds. The lowest BCUT2D eigenvalue weighted by molar-refractivity contribution is 0.379. The number of benzene rings is 1. The van der Waals surface area contributed by atoms with Crippen molar-refractivity contribution in [1.82, 2.24) is 9.78 Å². The second-order valence-electron chi connectivity index (χ2n) is 5.47. The van der Waals surface area contributed by atoms with Gasteiger partial charge in [-0.3, -0.25) is 4.99 Å². The van der Waals surface area contributed by atoms with Crippen molar-refractivity contribution in [1.29, 1.82) is 0 Å². The van der Waals surface area contributed by atoms with Crippen LogP contribution in [0, 0.1) is 0 Å². The highest BCUT2D eigenvalue weighted by Crippen LogP contribution is 2.22. The van der Waals surface area contributed by atoms with Crippen LogP contribution >= 0.6 is 22.9 Å². The number of halogens is 1. The van der Waals surface area contributed by atoms with Crippen molar-refractivity contribution < 1.29 is 0 Å². The van der Waals surface area contributed by atoms with Crippen molar-refractivity contribution in [3.05, 3.63) is 34.1 Å². The zero-order chi connectivity index (χ0) is 14.8. The molecule has 1 aliphatic rings. The van der Waals surface area contributed by atoms with Crippen LogP contribution in [-0.4, -0.2) is 21.9 Å². The molecule has 1 aromatic heterocycles. The molecule has 3 rings (SSSR count). The van der Waals surface area contributed by atoms with Gasteiger partial charge in [0.15, 0.2) is 0 Å². The van der Waals surface area contributed by atoms with E-state index in [0.717, 1.165) is 33.2 Å². The summed E-state index contributed by atoms with van der Waals surface area (Å²) < 4.78 is 1.84. The number of hydrogen-bond acceptors (Lipinski definition) is 4. The molecule has 0 spiro atoms. The van der Waals surface area contributed by atoms with E-state index >= 15 is 0 Å². The molecule has 2 aromatic rings. The molecule has 0 saturated heterocycles. The number of rotatable bonds is 2. The predicted octanol–water partition coefficient (Wildman–Crippen LogP) is 2.97. The Balaban J connectivity index is 1.92. The Morgan fingerprint density at radius 3 is 2.71 bits per heavy atom. The first-order valence-corrected chi connectivity index (χ1v) is 8.42. The van der Waals surface area contributed by atoms with Crippen molar-refractivity contribution in [2.24, 2.45) is 17.8 Å². The Morgan fingerprint density at radius 1 is 1.29 bits per heavy atom. The fourth-order valence-corrected chi connectivity index (χ4v) is 3.69. The second-order valence-corrected chi connectivity index (χ2v) is 6.86. The second kappa shape index (κ2) is 6.30. The summed E-state index contributed by atoms with van der Waals surface area (Å²) >= 11 is 7.53. The standard InChI is InChI=1S/C15H19ClN4S/c1-20-15(18-13-5-3-2-4-12(13)17)21-14(19-20)10-6-8-11(16)9-7-10/h6-9,12-13H,2-5,17H2,1H3. The average Bonchev–Trinajstić information content (AvgIpc) is 2.83. The largest absolute Gasteiger partial charge is 0.326 e. The highest BCUT2D eigenvalue weighted by atomic mass is 35.5. The third kappa shape index (κ3) is 3.36. The lowest BCUT2D eigenvalue weighted by atomic mass is 9.92. The molecule has 2 N–H and O–H groups in total. The smallest absolute Gasteiger partial charge is 0.203 e. The van der Waals surface area contributed by atoms with Gasteiger partial charge in [-0.2, -0.15) is 5.10 Å².